The van der Waals surface area contributed by atoms with Crippen LogP contribution in [0.15, 0.2) is 0 Å². The largest absolute Gasteiger partial charge is 1.00 e. The third-order valence-electron chi connectivity index (χ3n) is 0. The van der Waals surface area contributed by atoms with E-state index in [1.54, 1.807) is 0 Å². The van der Waals surface area contributed by atoms with Crippen molar-refractivity contribution in [3.63, 3.8) is 0 Å². The first-order valence-corrected chi connectivity index (χ1v) is 6.37. The molecule has 2 nitrogen and oxygen atoms in total. The van der Waals surface area contributed by atoms with Crippen molar-refractivity contribution in [3.05, 3.63) is 0 Å². The van der Waals surface area contributed by atoms with Crippen molar-refractivity contribution >= 4 is 35.8 Å². The zero-order valence-corrected chi connectivity index (χ0v) is 7.09. The van der Waals surface area contributed by atoms with Gasteiger partial charge in [-0.1, -0.05) is 0 Å². The summed E-state index contributed by atoms with van der Waals surface area (Å²) in [5.41, 5.74) is 0. The number of hydrogen-bond acceptors (Lipinski definition) is 2. The van der Waals surface area contributed by atoms with E-state index in [1.807, 2.05) is 0 Å². The Hall–Kier alpha value is 1.75. The topological polar surface area (TPSA) is 40.1 Å². The molecule has 0 rings (SSSR count). The molecule has 6 heteroatoms. The fourth-order valence-electron chi connectivity index (χ4n) is 0. The Morgan fingerprint density at radius 3 is 1.50 bits per heavy atom. The molecule has 0 aromatic carbocycles. The van der Waals surface area contributed by atoms with Crippen molar-refractivity contribution in [3.8, 4) is 0 Å². The molecule has 0 bridgehead atoms. The number of halogens is 2. The summed E-state index contributed by atoms with van der Waals surface area (Å²) in [4.78, 5) is 9.49. The fraction of sp³-hybridized carbons (Fsp3) is 0. The van der Waals surface area contributed by atoms with Crippen LogP contribution in [0.4, 0.5) is 0 Å². The molecule has 6 heavy (non-hydrogen) atoms. The summed E-state index contributed by atoms with van der Waals surface area (Å²) in [5.74, 6) is 0. The van der Waals surface area contributed by atoms with Gasteiger partial charge >= 0.3 is 18.9 Å². The van der Waals surface area contributed by atoms with Crippen LogP contribution in [0.3, 0.4) is 0 Å². The standard InChI is InChI=1S/Br2HO2P.Li/c1-5(2,3)4;/h(H,3,4);/q;+1/p-1. The molecule has 0 aliphatic rings. The molecule has 0 fully saturated rings. The second-order valence-corrected chi connectivity index (χ2v) is 9.70. The number of hydrogen-bond donors (Lipinski definition) is 0. The molecule has 0 aromatic heterocycles. The maximum absolute atomic E-state index is 9.49. The Morgan fingerprint density at radius 2 is 1.50 bits per heavy atom. The van der Waals surface area contributed by atoms with Gasteiger partial charge in [-0.2, -0.15) is 0 Å². The average Bonchev–Trinajstić information content (AvgIpc) is 0.722. The minimum atomic E-state index is -3.26. The first-order valence-electron chi connectivity index (χ1n) is 0.703. The summed E-state index contributed by atoms with van der Waals surface area (Å²) < 4.78 is 6.23. The Bertz CT molecular complexity index is 57.7. The summed E-state index contributed by atoms with van der Waals surface area (Å²) in [7, 11) is 0. The maximum atomic E-state index is 9.49. The van der Waals surface area contributed by atoms with Gasteiger partial charge in [0.05, 0.1) is 0 Å². The first kappa shape index (κ1) is 10.7. The first-order chi connectivity index (χ1) is 2.00. The van der Waals surface area contributed by atoms with Crippen LogP contribution in [-0.4, -0.2) is 0 Å². The van der Waals surface area contributed by atoms with Crippen LogP contribution >= 0.6 is 35.8 Å². The van der Waals surface area contributed by atoms with Crippen molar-refractivity contribution in [2.45, 2.75) is 0 Å². The summed E-state index contributed by atoms with van der Waals surface area (Å²) >= 11 is 4.58. The minimum absolute atomic E-state index is 0. The SMILES string of the molecule is O=P([O-])(Br)Br.[Li+]. The van der Waals surface area contributed by atoms with Crippen LogP contribution in [0.5, 0.6) is 0 Å². The monoisotopic (exact) mass is 228 g/mol. The second-order valence-electron chi connectivity index (χ2n) is 0.414. The Labute approximate surface area is 63.8 Å². The van der Waals surface area contributed by atoms with Gasteiger partial charge in [0, 0.05) is 0 Å². The van der Waals surface area contributed by atoms with Gasteiger partial charge in [0.1, 0.15) is 4.77 Å². The van der Waals surface area contributed by atoms with Gasteiger partial charge < -0.3 is 9.46 Å². The van der Waals surface area contributed by atoms with Gasteiger partial charge in [0.2, 0.25) is 0 Å². The van der Waals surface area contributed by atoms with Gasteiger partial charge in [-0.05, 0) is 31.0 Å². The van der Waals surface area contributed by atoms with E-state index < -0.39 is 4.77 Å². The molecule has 0 atom stereocenters. The van der Waals surface area contributed by atoms with E-state index >= 15 is 0 Å². The Kier molecular flexibility index (Phi) is 6.61. The molecule has 0 aliphatic heterocycles. The van der Waals surface area contributed by atoms with E-state index in [1.165, 1.54) is 0 Å². The predicted molar refractivity (Wildman–Crippen MR) is 25.5 cm³/mol. The third-order valence-corrected chi connectivity index (χ3v) is 0. The normalized spacial score (nSPS) is 9.83. The van der Waals surface area contributed by atoms with Crippen LogP contribution in [-0.2, 0) is 4.57 Å². The van der Waals surface area contributed by atoms with Crippen LogP contribution in [0.2, 0.25) is 0 Å². The van der Waals surface area contributed by atoms with Crippen molar-refractivity contribution in [1.82, 2.24) is 0 Å². The molecule has 0 aromatic rings. The molecule has 0 unspecified atom stereocenters. The Balaban J connectivity index is 0. The van der Waals surface area contributed by atoms with Crippen molar-refractivity contribution < 1.29 is 28.3 Å². The quantitative estimate of drug-likeness (QED) is 0.365. The van der Waals surface area contributed by atoms with Crippen molar-refractivity contribution in [1.29, 1.82) is 0 Å². The van der Waals surface area contributed by atoms with Gasteiger partial charge in [-0.3, -0.25) is 0 Å². The zero-order valence-electron chi connectivity index (χ0n) is 3.02. The van der Waals surface area contributed by atoms with E-state index in [0.29, 0.717) is 0 Å². The van der Waals surface area contributed by atoms with Crippen LogP contribution in [0.1, 0.15) is 0 Å². The van der Waals surface area contributed by atoms with Gasteiger partial charge in [0.25, 0.3) is 0 Å². The molecule has 32 valence electrons. The molecule has 0 radical (unpaired) electrons. The molecule has 0 spiro atoms. The second kappa shape index (κ2) is 3.71. The smallest absolute Gasteiger partial charge is 0.783 e. The zero-order chi connectivity index (χ0) is 4.50. The van der Waals surface area contributed by atoms with Crippen LogP contribution < -0.4 is 23.8 Å². The van der Waals surface area contributed by atoms with E-state index in [4.69, 9.17) is 0 Å². The van der Waals surface area contributed by atoms with Crippen LogP contribution in [0.25, 0.3) is 0 Å². The maximum Gasteiger partial charge on any atom is 1.00 e. The molecular formula is Br2LiO2P. The summed E-state index contributed by atoms with van der Waals surface area (Å²) in [6, 6.07) is 0. The predicted octanol–water partition coefficient (Wildman–Crippen LogP) is -1.75. The summed E-state index contributed by atoms with van der Waals surface area (Å²) in [6.07, 6.45) is 0. The van der Waals surface area contributed by atoms with E-state index in [9.17, 15) is 9.46 Å². The minimum Gasteiger partial charge on any atom is -0.783 e. The molecule has 0 aliphatic carbocycles. The van der Waals surface area contributed by atoms with Gasteiger partial charge in [-0.25, -0.2) is 0 Å². The van der Waals surface area contributed by atoms with E-state index in [2.05, 4.69) is 31.0 Å². The molecule has 0 saturated heterocycles. The summed E-state index contributed by atoms with van der Waals surface area (Å²) in [6.45, 7) is 0. The van der Waals surface area contributed by atoms with Crippen LogP contribution in [0, 0.1) is 0 Å². The molecular weight excluding hydrogens is 230 g/mol. The fourth-order valence-corrected chi connectivity index (χ4v) is 0. The van der Waals surface area contributed by atoms with Crippen molar-refractivity contribution in [2.75, 3.05) is 0 Å². The van der Waals surface area contributed by atoms with E-state index in [0.717, 1.165) is 0 Å². The third kappa shape index (κ3) is 42.4. The molecule has 0 amide bonds. The molecule has 0 saturated carbocycles. The Morgan fingerprint density at radius 1 is 1.50 bits per heavy atom. The molecule has 0 N–H and O–H groups in total. The number of rotatable bonds is 0. The summed E-state index contributed by atoms with van der Waals surface area (Å²) in [5, 5.41) is 0. The van der Waals surface area contributed by atoms with Crippen molar-refractivity contribution in [2.24, 2.45) is 0 Å². The van der Waals surface area contributed by atoms with Gasteiger partial charge in [0.15, 0.2) is 0 Å². The molecule has 0 heterocycles. The van der Waals surface area contributed by atoms with Gasteiger partial charge in [-0.15, -0.1) is 0 Å². The van der Waals surface area contributed by atoms with E-state index in [-0.39, 0.29) is 18.9 Å². The average molecular weight is 230 g/mol.